The molecule has 1 aliphatic carbocycles. The first kappa shape index (κ1) is 15.2. The van der Waals surface area contributed by atoms with E-state index in [9.17, 15) is 4.79 Å². The third-order valence-electron chi connectivity index (χ3n) is 4.01. The molecule has 0 saturated heterocycles. The molecule has 2 aromatic rings. The average molecular weight is 311 g/mol. The number of carbonyl (C=O) groups excluding carboxylic acids is 1. The minimum Gasteiger partial charge on any atom is -0.351 e. The molecular weight excluding hydrogens is 290 g/mol. The smallest absolute Gasteiger partial charge is 0.251 e. The minimum atomic E-state index is 0.0436. The topological polar surface area (TPSA) is 29.1 Å². The Morgan fingerprint density at radius 3 is 2.59 bits per heavy atom. The number of amides is 1. The zero-order chi connectivity index (χ0) is 15.2. The van der Waals surface area contributed by atoms with Gasteiger partial charge >= 0.3 is 0 Å². The van der Waals surface area contributed by atoms with E-state index in [0.717, 1.165) is 24.2 Å². The van der Waals surface area contributed by atoms with Crippen LogP contribution in [0.15, 0.2) is 53.4 Å². The molecule has 0 unspecified atom stereocenters. The summed E-state index contributed by atoms with van der Waals surface area (Å²) in [7, 11) is 0. The van der Waals surface area contributed by atoms with Crippen LogP contribution in [-0.2, 0) is 12.8 Å². The molecule has 0 aliphatic heterocycles. The van der Waals surface area contributed by atoms with Gasteiger partial charge in [0.2, 0.25) is 0 Å². The lowest BCUT2D eigenvalue weighted by molar-refractivity contribution is 0.0956. The molecule has 2 aromatic carbocycles. The molecule has 0 aromatic heterocycles. The highest BCUT2D eigenvalue weighted by atomic mass is 32.2. The lowest BCUT2D eigenvalue weighted by atomic mass is 9.90. The molecular formula is C19H21NOS. The molecule has 0 saturated carbocycles. The molecule has 3 heteroatoms. The largest absolute Gasteiger partial charge is 0.351 e. The quantitative estimate of drug-likeness (QED) is 0.665. The van der Waals surface area contributed by atoms with Crippen LogP contribution < -0.4 is 5.32 Å². The van der Waals surface area contributed by atoms with Crippen LogP contribution in [0, 0.1) is 0 Å². The van der Waals surface area contributed by atoms with Crippen molar-refractivity contribution < 1.29 is 4.79 Å². The summed E-state index contributed by atoms with van der Waals surface area (Å²) in [5, 5.41) is 3.02. The van der Waals surface area contributed by atoms with E-state index in [4.69, 9.17) is 0 Å². The van der Waals surface area contributed by atoms with Crippen molar-refractivity contribution in [1.82, 2.24) is 5.32 Å². The number of benzene rings is 2. The number of carbonyl (C=O) groups is 1. The third-order valence-corrected chi connectivity index (χ3v) is 5.02. The number of nitrogens with one attached hydrogen (secondary N) is 1. The van der Waals surface area contributed by atoms with Crippen LogP contribution in [0.5, 0.6) is 0 Å². The maximum atomic E-state index is 12.2. The molecule has 114 valence electrons. The first-order chi connectivity index (χ1) is 10.8. The number of hydrogen-bond acceptors (Lipinski definition) is 2. The minimum absolute atomic E-state index is 0.0436. The van der Waals surface area contributed by atoms with Crippen molar-refractivity contribution in [3.63, 3.8) is 0 Å². The van der Waals surface area contributed by atoms with Crippen molar-refractivity contribution in [3.05, 3.63) is 65.2 Å². The summed E-state index contributed by atoms with van der Waals surface area (Å²) in [4.78, 5) is 13.5. The summed E-state index contributed by atoms with van der Waals surface area (Å²) >= 11 is 1.77. The van der Waals surface area contributed by atoms with E-state index in [1.165, 1.54) is 28.9 Å². The fourth-order valence-electron chi connectivity index (χ4n) is 2.83. The molecule has 1 aliphatic rings. The summed E-state index contributed by atoms with van der Waals surface area (Å²) in [6.45, 7) is 0.690. The van der Waals surface area contributed by atoms with E-state index in [1.54, 1.807) is 11.8 Å². The van der Waals surface area contributed by atoms with Gasteiger partial charge in [-0.15, -0.1) is 11.8 Å². The van der Waals surface area contributed by atoms with Crippen LogP contribution in [0.2, 0.25) is 0 Å². The van der Waals surface area contributed by atoms with Gasteiger partial charge in [-0.1, -0.05) is 24.3 Å². The first-order valence-electron chi connectivity index (χ1n) is 7.91. The second-order valence-electron chi connectivity index (χ2n) is 5.61. The highest BCUT2D eigenvalue weighted by molar-refractivity contribution is 7.99. The highest BCUT2D eigenvalue weighted by Gasteiger charge is 2.12. The predicted molar refractivity (Wildman–Crippen MR) is 92.6 cm³/mol. The molecule has 0 fully saturated rings. The Morgan fingerprint density at radius 2 is 1.77 bits per heavy atom. The molecule has 0 spiro atoms. The molecule has 0 bridgehead atoms. The van der Waals surface area contributed by atoms with Crippen molar-refractivity contribution in [3.8, 4) is 0 Å². The maximum Gasteiger partial charge on any atom is 0.251 e. The van der Waals surface area contributed by atoms with Gasteiger partial charge in [0.15, 0.2) is 0 Å². The second-order valence-corrected chi connectivity index (χ2v) is 6.78. The zero-order valence-electron chi connectivity index (χ0n) is 12.7. The van der Waals surface area contributed by atoms with Crippen LogP contribution >= 0.6 is 11.8 Å². The summed E-state index contributed by atoms with van der Waals surface area (Å²) in [6, 6.07) is 16.4. The normalized spacial score (nSPS) is 13.5. The van der Waals surface area contributed by atoms with Crippen molar-refractivity contribution in [1.29, 1.82) is 0 Å². The Kier molecular flexibility index (Phi) is 5.17. The van der Waals surface area contributed by atoms with Gasteiger partial charge in [0, 0.05) is 22.8 Å². The van der Waals surface area contributed by atoms with Gasteiger partial charge in [-0.25, -0.2) is 0 Å². The first-order valence-corrected chi connectivity index (χ1v) is 8.89. The Morgan fingerprint density at radius 1 is 1.00 bits per heavy atom. The fraction of sp³-hybridized carbons (Fsp3) is 0.316. The van der Waals surface area contributed by atoms with Gasteiger partial charge in [-0.05, 0) is 61.1 Å². The molecule has 0 atom stereocenters. The SMILES string of the molecule is O=C(NCCSc1ccccc1)c1ccc2c(c1)CCCC2. The van der Waals surface area contributed by atoms with E-state index in [2.05, 4.69) is 29.6 Å². The average Bonchev–Trinajstić information content (AvgIpc) is 2.59. The van der Waals surface area contributed by atoms with Crippen LogP contribution in [-0.4, -0.2) is 18.2 Å². The van der Waals surface area contributed by atoms with Crippen molar-refractivity contribution in [2.45, 2.75) is 30.6 Å². The molecule has 1 N–H and O–H groups in total. The number of thioether (sulfide) groups is 1. The van der Waals surface area contributed by atoms with E-state index in [-0.39, 0.29) is 5.91 Å². The number of fused-ring (bicyclic) bond motifs is 1. The van der Waals surface area contributed by atoms with Gasteiger partial charge in [0.1, 0.15) is 0 Å². The van der Waals surface area contributed by atoms with Gasteiger partial charge < -0.3 is 5.32 Å². The van der Waals surface area contributed by atoms with Crippen molar-refractivity contribution in [2.24, 2.45) is 0 Å². The van der Waals surface area contributed by atoms with Crippen LogP contribution in [0.3, 0.4) is 0 Å². The van der Waals surface area contributed by atoms with E-state index >= 15 is 0 Å². The molecule has 0 heterocycles. The van der Waals surface area contributed by atoms with E-state index < -0.39 is 0 Å². The van der Waals surface area contributed by atoms with Gasteiger partial charge in [-0.2, -0.15) is 0 Å². The predicted octanol–water partition coefficient (Wildman–Crippen LogP) is 4.09. The number of rotatable bonds is 5. The summed E-state index contributed by atoms with van der Waals surface area (Å²) < 4.78 is 0. The maximum absolute atomic E-state index is 12.2. The van der Waals surface area contributed by atoms with Crippen molar-refractivity contribution >= 4 is 17.7 Å². The number of aryl methyl sites for hydroxylation is 2. The van der Waals surface area contributed by atoms with Gasteiger partial charge in [-0.3, -0.25) is 4.79 Å². The fourth-order valence-corrected chi connectivity index (χ4v) is 3.62. The third kappa shape index (κ3) is 3.92. The van der Waals surface area contributed by atoms with E-state index in [0.29, 0.717) is 6.54 Å². The molecule has 0 radical (unpaired) electrons. The standard InChI is InChI=1S/C19H21NOS/c21-19(20-12-13-22-18-8-2-1-3-9-18)17-11-10-15-6-4-5-7-16(15)14-17/h1-3,8-11,14H,4-7,12-13H2,(H,20,21). The molecule has 2 nitrogen and oxygen atoms in total. The Balaban J connectivity index is 1.49. The highest BCUT2D eigenvalue weighted by Crippen LogP contribution is 2.22. The van der Waals surface area contributed by atoms with Crippen LogP contribution in [0.1, 0.15) is 34.3 Å². The Labute approximate surface area is 136 Å². The number of hydrogen-bond donors (Lipinski definition) is 1. The van der Waals surface area contributed by atoms with Gasteiger partial charge in [0.05, 0.1) is 0 Å². The Bertz CT molecular complexity index is 639. The monoisotopic (exact) mass is 311 g/mol. The zero-order valence-corrected chi connectivity index (χ0v) is 13.5. The van der Waals surface area contributed by atoms with Crippen LogP contribution in [0.4, 0.5) is 0 Å². The second kappa shape index (κ2) is 7.50. The summed E-state index contributed by atoms with van der Waals surface area (Å²) in [5.41, 5.74) is 3.57. The summed E-state index contributed by atoms with van der Waals surface area (Å²) in [6.07, 6.45) is 4.78. The van der Waals surface area contributed by atoms with Crippen LogP contribution in [0.25, 0.3) is 0 Å². The summed E-state index contributed by atoms with van der Waals surface area (Å²) in [5.74, 6) is 0.933. The molecule has 3 rings (SSSR count). The van der Waals surface area contributed by atoms with Gasteiger partial charge in [0.25, 0.3) is 5.91 Å². The molecule has 1 amide bonds. The van der Waals surface area contributed by atoms with E-state index in [1.807, 2.05) is 24.3 Å². The Hall–Kier alpha value is -1.74. The lowest BCUT2D eigenvalue weighted by Crippen LogP contribution is -2.26. The lowest BCUT2D eigenvalue weighted by Gasteiger charge is -2.16. The van der Waals surface area contributed by atoms with Crippen molar-refractivity contribution in [2.75, 3.05) is 12.3 Å². The molecule has 22 heavy (non-hydrogen) atoms.